The molecule has 0 aromatic carbocycles. The van der Waals surface area contributed by atoms with Gasteiger partial charge in [-0.25, -0.2) is 14.7 Å². The van der Waals surface area contributed by atoms with E-state index >= 15 is 0 Å². The van der Waals surface area contributed by atoms with Crippen LogP contribution in [0.3, 0.4) is 0 Å². The van der Waals surface area contributed by atoms with Crippen molar-refractivity contribution in [1.29, 1.82) is 0 Å². The summed E-state index contributed by atoms with van der Waals surface area (Å²) in [6.07, 6.45) is 11.5. The molecule has 0 unspecified atom stereocenters. The van der Waals surface area contributed by atoms with Crippen LogP contribution >= 0.6 is 12.4 Å². The Morgan fingerprint density at radius 3 is 2.07 bits per heavy atom. The van der Waals surface area contributed by atoms with Crippen molar-refractivity contribution >= 4 is 24.5 Å². The Bertz CT molecular complexity index is 532. The van der Waals surface area contributed by atoms with E-state index in [4.69, 9.17) is 14.5 Å². The first-order valence-electron chi connectivity index (χ1n) is 11.4. The zero-order valence-corrected chi connectivity index (χ0v) is 19.3. The Kier molecular flexibility index (Phi) is 9.54. The Balaban J connectivity index is 0.00000300. The van der Waals surface area contributed by atoms with Crippen molar-refractivity contribution in [2.24, 2.45) is 4.99 Å². The lowest BCUT2D eigenvalue weighted by Crippen LogP contribution is -2.56. The molecule has 0 radical (unpaired) electrons. The molecular weight excluding hydrogens is 390 g/mol. The third kappa shape index (κ3) is 7.32. The SMILES string of the molecule is CC(C)(C)OC(=O)N(C(=NC1CCCCC1)N1CCOCC1)C1CCCCC1.Cl. The molecule has 2 saturated carbocycles. The zero-order valence-electron chi connectivity index (χ0n) is 18.5. The molecule has 29 heavy (non-hydrogen) atoms. The van der Waals surface area contributed by atoms with Gasteiger partial charge in [0.25, 0.3) is 0 Å². The van der Waals surface area contributed by atoms with Crippen LogP contribution in [0.25, 0.3) is 0 Å². The van der Waals surface area contributed by atoms with Gasteiger partial charge in [0.1, 0.15) is 5.60 Å². The summed E-state index contributed by atoms with van der Waals surface area (Å²) in [7, 11) is 0. The Hall–Kier alpha value is -1.01. The van der Waals surface area contributed by atoms with Gasteiger partial charge in [-0.15, -0.1) is 12.4 Å². The summed E-state index contributed by atoms with van der Waals surface area (Å²) in [5.74, 6) is 0.844. The van der Waals surface area contributed by atoms with E-state index in [1.807, 2.05) is 25.7 Å². The normalized spacial score (nSPS) is 22.7. The van der Waals surface area contributed by atoms with Crippen molar-refractivity contribution < 1.29 is 14.3 Å². The number of carbonyl (C=O) groups excluding carboxylic acids is 1. The van der Waals surface area contributed by atoms with E-state index in [0.717, 1.165) is 44.7 Å². The van der Waals surface area contributed by atoms with Crippen LogP contribution in [0.15, 0.2) is 4.99 Å². The van der Waals surface area contributed by atoms with Crippen LogP contribution in [0.1, 0.15) is 85.0 Å². The van der Waals surface area contributed by atoms with Crippen LogP contribution in [0.2, 0.25) is 0 Å². The predicted molar refractivity (Wildman–Crippen MR) is 119 cm³/mol. The molecule has 0 spiro atoms. The average Bonchev–Trinajstić information content (AvgIpc) is 2.68. The minimum absolute atomic E-state index is 0. The van der Waals surface area contributed by atoms with Crippen molar-refractivity contribution in [3.05, 3.63) is 0 Å². The van der Waals surface area contributed by atoms with Crippen molar-refractivity contribution in [3.8, 4) is 0 Å². The highest BCUT2D eigenvalue weighted by Gasteiger charge is 2.36. The summed E-state index contributed by atoms with van der Waals surface area (Å²) in [4.78, 5) is 22.7. The lowest BCUT2D eigenvalue weighted by atomic mass is 9.94. The van der Waals surface area contributed by atoms with E-state index in [0.29, 0.717) is 19.3 Å². The molecule has 3 rings (SSSR count). The number of morpholine rings is 1. The number of guanidine groups is 1. The van der Waals surface area contributed by atoms with Gasteiger partial charge >= 0.3 is 6.09 Å². The highest BCUT2D eigenvalue weighted by molar-refractivity contribution is 5.95. The molecule has 0 N–H and O–H groups in total. The molecule has 1 aliphatic heterocycles. The van der Waals surface area contributed by atoms with Gasteiger partial charge in [-0.05, 0) is 46.5 Å². The van der Waals surface area contributed by atoms with E-state index in [-0.39, 0.29) is 24.5 Å². The van der Waals surface area contributed by atoms with E-state index < -0.39 is 5.60 Å². The molecule has 0 aromatic rings. The largest absolute Gasteiger partial charge is 0.443 e. The lowest BCUT2D eigenvalue weighted by Gasteiger charge is -2.41. The number of aliphatic imine (C=N–C) groups is 1. The van der Waals surface area contributed by atoms with Gasteiger partial charge in [-0.2, -0.15) is 0 Å². The minimum Gasteiger partial charge on any atom is -0.443 e. The molecule has 168 valence electrons. The number of carbonyl (C=O) groups is 1. The second-order valence-electron chi connectivity index (χ2n) is 9.46. The summed E-state index contributed by atoms with van der Waals surface area (Å²) in [6.45, 7) is 8.78. The molecular formula is C22H40ClN3O3. The number of hydrogen-bond acceptors (Lipinski definition) is 4. The number of halogens is 1. The fourth-order valence-corrected chi connectivity index (χ4v) is 4.48. The van der Waals surface area contributed by atoms with Crippen LogP contribution in [0, 0.1) is 0 Å². The molecule has 0 aromatic heterocycles. The van der Waals surface area contributed by atoms with Gasteiger partial charge in [0.05, 0.1) is 19.3 Å². The fraction of sp³-hybridized carbons (Fsp3) is 0.909. The maximum atomic E-state index is 13.3. The molecule has 3 fully saturated rings. The third-order valence-electron chi connectivity index (χ3n) is 5.91. The highest BCUT2D eigenvalue weighted by atomic mass is 35.5. The quantitative estimate of drug-likeness (QED) is 0.457. The van der Waals surface area contributed by atoms with E-state index in [2.05, 4.69) is 4.90 Å². The number of ether oxygens (including phenoxy) is 2. The van der Waals surface area contributed by atoms with Crippen LogP contribution in [0.5, 0.6) is 0 Å². The van der Waals surface area contributed by atoms with E-state index in [1.165, 1.54) is 38.5 Å². The number of rotatable bonds is 2. The highest BCUT2D eigenvalue weighted by Crippen LogP contribution is 2.28. The summed E-state index contributed by atoms with van der Waals surface area (Å²) in [6, 6.07) is 0.508. The average molecular weight is 430 g/mol. The lowest BCUT2D eigenvalue weighted by molar-refractivity contribution is 0.0202. The van der Waals surface area contributed by atoms with Gasteiger partial charge in [-0.1, -0.05) is 38.5 Å². The van der Waals surface area contributed by atoms with Crippen LogP contribution in [-0.2, 0) is 9.47 Å². The Morgan fingerprint density at radius 1 is 0.966 bits per heavy atom. The second-order valence-corrected chi connectivity index (χ2v) is 9.46. The maximum absolute atomic E-state index is 13.3. The first-order valence-corrected chi connectivity index (χ1v) is 11.4. The fourth-order valence-electron chi connectivity index (χ4n) is 4.48. The standard InChI is InChI=1S/C22H39N3O3.ClH/c1-22(2,3)28-21(26)25(19-12-8-5-9-13-19)20(24-14-16-27-17-15-24)23-18-10-6-4-7-11-18;/h18-19H,4-17H2,1-3H3;1H. The van der Waals surface area contributed by atoms with Gasteiger partial charge in [0, 0.05) is 19.1 Å². The summed E-state index contributed by atoms with van der Waals surface area (Å²) >= 11 is 0. The molecule has 2 aliphatic carbocycles. The van der Waals surface area contributed by atoms with Gasteiger partial charge in [0.2, 0.25) is 5.96 Å². The Morgan fingerprint density at radius 2 is 1.52 bits per heavy atom. The first kappa shape index (κ1) is 24.3. The van der Waals surface area contributed by atoms with Crippen LogP contribution in [-0.4, -0.2) is 65.8 Å². The molecule has 1 saturated heterocycles. The van der Waals surface area contributed by atoms with Crippen molar-refractivity contribution in [3.63, 3.8) is 0 Å². The summed E-state index contributed by atoms with van der Waals surface area (Å²) < 4.78 is 11.4. The van der Waals surface area contributed by atoms with Gasteiger partial charge in [-0.3, -0.25) is 0 Å². The van der Waals surface area contributed by atoms with Crippen LogP contribution in [0.4, 0.5) is 4.79 Å². The molecule has 7 heteroatoms. The summed E-state index contributed by atoms with van der Waals surface area (Å²) in [5.41, 5.74) is -0.509. The Labute approximate surface area is 182 Å². The number of hydrogen-bond donors (Lipinski definition) is 0. The number of amides is 1. The smallest absolute Gasteiger partial charge is 0.417 e. The molecule has 6 nitrogen and oxygen atoms in total. The number of nitrogens with zero attached hydrogens (tertiary/aromatic N) is 3. The van der Waals surface area contributed by atoms with Gasteiger partial charge in [0.15, 0.2) is 0 Å². The zero-order chi connectivity index (χ0) is 20.0. The van der Waals surface area contributed by atoms with Crippen LogP contribution < -0.4 is 0 Å². The van der Waals surface area contributed by atoms with Crippen molar-refractivity contribution in [2.45, 2.75) is 103 Å². The van der Waals surface area contributed by atoms with Gasteiger partial charge < -0.3 is 14.4 Å². The van der Waals surface area contributed by atoms with E-state index in [1.54, 1.807) is 0 Å². The maximum Gasteiger partial charge on any atom is 0.417 e. The van der Waals surface area contributed by atoms with Crippen molar-refractivity contribution in [2.75, 3.05) is 26.3 Å². The first-order chi connectivity index (χ1) is 13.4. The van der Waals surface area contributed by atoms with E-state index in [9.17, 15) is 4.79 Å². The minimum atomic E-state index is -0.509. The molecule has 0 atom stereocenters. The molecule has 1 amide bonds. The monoisotopic (exact) mass is 429 g/mol. The predicted octanol–water partition coefficient (Wildman–Crippen LogP) is 5.00. The summed E-state index contributed by atoms with van der Waals surface area (Å²) in [5, 5.41) is 0. The molecule has 1 heterocycles. The molecule has 0 bridgehead atoms. The van der Waals surface area contributed by atoms with Crippen molar-refractivity contribution in [1.82, 2.24) is 9.80 Å². The topological polar surface area (TPSA) is 54.4 Å². The second kappa shape index (κ2) is 11.4. The molecule has 3 aliphatic rings. The third-order valence-corrected chi connectivity index (χ3v) is 5.91.